The van der Waals surface area contributed by atoms with Crippen molar-refractivity contribution in [3.8, 4) is 11.5 Å². The van der Waals surface area contributed by atoms with Gasteiger partial charge in [0.25, 0.3) is 0 Å². The monoisotopic (exact) mass is 237 g/mol. The second kappa shape index (κ2) is 5.20. The van der Waals surface area contributed by atoms with Gasteiger partial charge in [0.15, 0.2) is 0 Å². The highest BCUT2D eigenvalue weighted by molar-refractivity contribution is 5.88. The number of amides is 2. The lowest BCUT2D eigenvalue weighted by molar-refractivity contribution is 0.249. The topological polar surface area (TPSA) is 96.9 Å². The van der Waals surface area contributed by atoms with Gasteiger partial charge in [-0.15, -0.1) is 0 Å². The Balaban J connectivity index is 3.17. The fourth-order valence-corrected chi connectivity index (χ4v) is 1.43. The highest BCUT2D eigenvalue weighted by Crippen LogP contribution is 2.31. The summed E-state index contributed by atoms with van der Waals surface area (Å²) in [7, 11) is 1.54. The third kappa shape index (κ3) is 2.87. The Morgan fingerprint density at radius 2 is 2.24 bits per heavy atom. The van der Waals surface area contributed by atoms with Crippen molar-refractivity contribution in [3.05, 3.63) is 22.8 Å². The molecule has 1 aromatic carbocycles. The fraction of sp³-hybridized carbons (Fsp3) is 0.273. The number of hydrogen-bond donors (Lipinski definition) is 3. The number of phenols is 1. The first-order valence-electron chi connectivity index (χ1n) is 4.93. The summed E-state index contributed by atoms with van der Waals surface area (Å²) >= 11 is 0. The summed E-state index contributed by atoms with van der Waals surface area (Å²) < 4.78 is 5.16. The zero-order valence-corrected chi connectivity index (χ0v) is 9.94. The van der Waals surface area contributed by atoms with Crippen molar-refractivity contribution in [3.63, 3.8) is 0 Å². The smallest absolute Gasteiger partial charge is 0.332 e. The molecule has 0 aliphatic rings. The van der Waals surface area contributed by atoms with Crippen LogP contribution in [-0.4, -0.2) is 24.5 Å². The highest BCUT2D eigenvalue weighted by Gasteiger charge is 2.11. The van der Waals surface area contributed by atoms with Gasteiger partial charge in [0.05, 0.1) is 13.3 Å². The average molecular weight is 237 g/mol. The number of carbonyl (C=O) groups excluding carboxylic acids is 1. The van der Waals surface area contributed by atoms with E-state index in [1.165, 1.54) is 6.21 Å². The highest BCUT2D eigenvalue weighted by atomic mass is 16.5. The molecular formula is C11H15N3O3. The third-order valence-corrected chi connectivity index (χ3v) is 2.34. The maximum absolute atomic E-state index is 10.5. The van der Waals surface area contributed by atoms with Gasteiger partial charge in [-0.25, -0.2) is 10.2 Å². The zero-order valence-electron chi connectivity index (χ0n) is 9.94. The molecule has 92 valence electrons. The van der Waals surface area contributed by atoms with Gasteiger partial charge in [-0.05, 0) is 25.5 Å². The first-order chi connectivity index (χ1) is 7.97. The number of hydrogen-bond acceptors (Lipinski definition) is 4. The van der Waals surface area contributed by atoms with E-state index in [9.17, 15) is 9.90 Å². The lowest BCUT2D eigenvalue weighted by Gasteiger charge is -2.11. The van der Waals surface area contributed by atoms with Crippen LogP contribution in [0.1, 0.15) is 16.7 Å². The summed E-state index contributed by atoms with van der Waals surface area (Å²) in [6.07, 6.45) is 1.32. The van der Waals surface area contributed by atoms with Crippen molar-refractivity contribution in [2.75, 3.05) is 7.11 Å². The van der Waals surface area contributed by atoms with Gasteiger partial charge in [-0.2, -0.15) is 5.10 Å². The van der Waals surface area contributed by atoms with Crippen molar-refractivity contribution in [1.29, 1.82) is 0 Å². The Bertz CT molecular complexity index is 470. The number of nitrogens with two attached hydrogens (primary N) is 1. The number of methoxy groups -OCH3 is 1. The maximum Gasteiger partial charge on any atom is 0.332 e. The summed E-state index contributed by atoms with van der Waals surface area (Å²) in [6, 6.07) is 0.960. The van der Waals surface area contributed by atoms with Crippen LogP contribution in [-0.2, 0) is 0 Å². The Hall–Kier alpha value is -2.24. The second-order valence-corrected chi connectivity index (χ2v) is 3.52. The molecule has 0 aromatic heterocycles. The molecule has 0 radical (unpaired) electrons. The Morgan fingerprint density at radius 3 is 2.76 bits per heavy atom. The number of benzene rings is 1. The van der Waals surface area contributed by atoms with Gasteiger partial charge >= 0.3 is 6.03 Å². The largest absolute Gasteiger partial charge is 0.507 e. The van der Waals surface area contributed by atoms with E-state index in [0.29, 0.717) is 16.9 Å². The molecule has 4 N–H and O–H groups in total. The fourth-order valence-electron chi connectivity index (χ4n) is 1.43. The lowest BCUT2D eigenvalue weighted by atomic mass is 10.0. The molecule has 0 spiro atoms. The van der Waals surface area contributed by atoms with E-state index in [0.717, 1.165) is 5.56 Å². The number of aryl methyl sites for hydroxylation is 1. The van der Waals surface area contributed by atoms with Crippen LogP contribution in [0.3, 0.4) is 0 Å². The van der Waals surface area contributed by atoms with Gasteiger partial charge in [0.1, 0.15) is 11.5 Å². The van der Waals surface area contributed by atoms with Crippen molar-refractivity contribution in [2.24, 2.45) is 10.8 Å². The number of nitrogens with one attached hydrogen (secondary N) is 1. The van der Waals surface area contributed by atoms with Crippen molar-refractivity contribution < 1.29 is 14.6 Å². The van der Waals surface area contributed by atoms with E-state index in [1.54, 1.807) is 27.0 Å². The normalized spacial score (nSPS) is 10.5. The zero-order chi connectivity index (χ0) is 13.0. The van der Waals surface area contributed by atoms with E-state index in [1.807, 2.05) is 0 Å². The van der Waals surface area contributed by atoms with Gasteiger partial charge in [-0.3, -0.25) is 0 Å². The SMILES string of the molecule is COc1cc(C)c(O)c(C=NNC(N)=O)c1C. The van der Waals surface area contributed by atoms with E-state index in [-0.39, 0.29) is 5.75 Å². The molecule has 0 heterocycles. The standard InChI is InChI=1S/C11H15N3O3/c1-6-4-9(17-3)7(2)8(10(6)15)5-13-14-11(12)16/h4-5,15H,1-3H3,(H3,12,14,16). The molecule has 0 aliphatic heterocycles. The molecule has 0 atom stereocenters. The molecule has 0 saturated heterocycles. The van der Waals surface area contributed by atoms with Crippen LogP contribution in [0.15, 0.2) is 11.2 Å². The van der Waals surface area contributed by atoms with Gasteiger partial charge in [-0.1, -0.05) is 0 Å². The first kappa shape index (κ1) is 12.8. The number of urea groups is 1. The van der Waals surface area contributed by atoms with E-state index in [4.69, 9.17) is 10.5 Å². The van der Waals surface area contributed by atoms with E-state index in [2.05, 4.69) is 10.5 Å². The Kier molecular flexibility index (Phi) is 3.92. The minimum absolute atomic E-state index is 0.0957. The quantitative estimate of drug-likeness (QED) is 0.540. The molecule has 6 nitrogen and oxygen atoms in total. The molecule has 0 bridgehead atoms. The second-order valence-electron chi connectivity index (χ2n) is 3.52. The van der Waals surface area contributed by atoms with Crippen LogP contribution in [0, 0.1) is 13.8 Å². The van der Waals surface area contributed by atoms with Crippen LogP contribution < -0.4 is 15.9 Å². The molecule has 6 heteroatoms. The van der Waals surface area contributed by atoms with Gasteiger partial charge in [0, 0.05) is 11.1 Å². The maximum atomic E-state index is 10.5. The number of carbonyl (C=O) groups is 1. The summed E-state index contributed by atoms with van der Waals surface area (Å²) in [4.78, 5) is 10.5. The minimum Gasteiger partial charge on any atom is -0.507 e. The predicted molar refractivity (Wildman–Crippen MR) is 64.4 cm³/mol. The molecule has 0 aliphatic carbocycles. The van der Waals surface area contributed by atoms with Crippen molar-refractivity contribution >= 4 is 12.2 Å². The first-order valence-corrected chi connectivity index (χ1v) is 4.93. The van der Waals surface area contributed by atoms with Crippen LogP contribution >= 0.6 is 0 Å². The number of aromatic hydroxyl groups is 1. The molecular weight excluding hydrogens is 222 g/mol. The van der Waals surface area contributed by atoms with E-state index >= 15 is 0 Å². The lowest BCUT2D eigenvalue weighted by Crippen LogP contribution is -2.24. The van der Waals surface area contributed by atoms with Crippen LogP contribution in [0.2, 0.25) is 0 Å². The van der Waals surface area contributed by atoms with Crippen LogP contribution in [0.25, 0.3) is 0 Å². The van der Waals surface area contributed by atoms with Crippen LogP contribution in [0.5, 0.6) is 11.5 Å². The molecule has 1 rings (SSSR count). The average Bonchev–Trinajstić information content (AvgIpc) is 2.27. The predicted octanol–water partition coefficient (Wildman–Crippen LogP) is 1.02. The summed E-state index contributed by atoms with van der Waals surface area (Å²) in [6.45, 7) is 3.53. The Morgan fingerprint density at radius 1 is 1.59 bits per heavy atom. The number of nitrogens with zero attached hydrogens (tertiary/aromatic N) is 1. The van der Waals surface area contributed by atoms with Crippen LogP contribution in [0.4, 0.5) is 4.79 Å². The third-order valence-electron chi connectivity index (χ3n) is 2.34. The van der Waals surface area contributed by atoms with Gasteiger partial charge < -0.3 is 15.6 Å². The Labute approximate surface area is 99.1 Å². The summed E-state index contributed by atoms with van der Waals surface area (Å²) in [5, 5.41) is 13.5. The molecule has 0 unspecified atom stereocenters. The van der Waals surface area contributed by atoms with Crippen molar-refractivity contribution in [1.82, 2.24) is 5.43 Å². The summed E-state index contributed by atoms with van der Waals surface area (Å²) in [5.41, 5.74) is 8.80. The number of primary amides is 1. The number of hydrazone groups is 1. The molecule has 17 heavy (non-hydrogen) atoms. The molecule has 0 fully saturated rings. The molecule has 1 aromatic rings. The summed E-state index contributed by atoms with van der Waals surface area (Å²) in [5.74, 6) is 0.735. The minimum atomic E-state index is -0.766. The number of ether oxygens (including phenoxy) is 1. The molecule has 0 saturated carbocycles. The van der Waals surface area contributed by atoms with Gasteiger partial charge in [0.2, 0.25) is 0 Å². The number of phenolic OH excluding ortho intramolecular Hbond substituents is 1. The van der Waals surface area contributed by atoms with E-state index < -0.39 is 6.03 Å². The molecule has 2 amide bonds. The number of rotatable bonds is 3. The van der Waals surface area contributed by atoms with Crippen molar-refractivity contribution in [2.45, 2.75) is 13.8 Å².